The smallest absolute Gasteiger partial charge is 0.412 e. The third-order valence-electron chi connectivity index (χ3n) is 2.35. The summed E-state index contributed by atoms with van der Waals surface area (Å²) < 4.78 is 5.14. The third kappa shape index (κ3) is 5.78. The summed E-state index contributed by atoms with van der Waals surface area (Å²) in [4.78, 5) is 11.6. The van der Waals surface area contributed by atoms with Gasteiger partial charge in [0.2, 0.25) is 0 Å². The number of ether oxygens (including phenoxy) is 1. The molecule has 1 aromatic rings. The summed E-state index contributed by atoms with van der Waals surface area (Å²) in [5, 5.41) is 25.2. The van der Waals surface area contributed by atoms with Crippen LogP contribution in [0.3, 0.4) is 0 Å². The topological polar surface area (TPSA) is 78.8 Å². The number of carbonyl (C=O) groups excluding carboxylic acids is 1. The van der Waals surface area contributed by atoms with Crippen molar-refractivity contribution in [3.63, 3.8) is 0 Å². The number of hydrogen-bond donors (Lipinski definition) is 3. The summed E-state index contributed by atoms with van der Waals surface area (Å²) in [5.74, 6) is 0. The fourth-order valence-electron chi connectivity index (χ4n) is 1.47. The number of rotatable bonds is 5. The SMILES string of the molecule is CC(C)(C)OC(=O)Nc1cc(C(O)C(O)CCBr)cs1. The molecule has 0 aliphatic carbocycles. The molecule has 7 heteroatoms. The Morgan fingerprint density at radius 2 is 2.15 bits per heavy atom. The van der Waals surface area contributed by atoms with Gasteiger partial charge in [-0.05, 0) is 44.2 Å². The molecular weight excluding hydrogens is 346 g/mol. The van der Waals surface area contributed by atoms with E-state index in [0.29, 0.717) is 22.3 Å². The molecule has 0 bridgehead atoms. The van der Waals surface area contributed by atoms with Gasteiger partial charge >= 0.3 is 6.09 Å². The number of hydrogen-bond acceptors (Lipinski definition) is 5. The van der Waals surface area contributed by atoms with Gasteiger partial charge in [0.05, 0.1) is 11.1 Å². The van der Waals surface area contributed by atoms with Gasteiger partial charge in [-0.1, -0.05) is 15.9 Å². The first-order chi connectivity index (χ1) is 9.23. The first-order valence-electron chi connectivity index (χ1n) is 6.23. The van der Waals surface area contributed by atoms with E-state index < -0.39 is 23.9 Å². The standard InChI is InChI=1S/C13H20BrNO4S/c1-13(2,3)19-12(18)15-10-6-8(7-20-10)11(17)9(16)4-5-14/h6-7,9,11,16-17H,4-5H2,1-3H3,(H,15,18). The van der Waals surface area contributed by atoms with Gasteiger partial charge in [-0.3, -0.25) is 5.32 Å². The molecule has 0 aliphatic heterocycles. The normalized spacial score (nSPS) is 14.7. The zero-order valence-electron chi connectivity index (χ0n) is 11.7. The number of carbonyl (C=O) groups is 1. The zero-order valence-corrected chi connectivity index (χ0v) is 14.1. The van der Waals surface area contributed by atoms with Gasteiger partial charge in [0.15, 0.2) is 0 Å². The largest absolute Gasteiger partial charge is 0.444 e. The minimum Gasteiger partial charge on any atom is -0.444 e. The first kappa shape index (κ1) is 17.4. The summed E-state index contributed by atoms with van der Waals surface area (Å²) in [6, 6.07) is 1.64. The van der Waals surface area contributed by atoms with Crippen LogP contribution in [0, 0.1) is 0 Å². The van der Waals surface area contributed by atoms with Crippen molar-refractivity contribution >= 4 is 38.4 Å². The molecular formula is C13H20BrNO4S. The van der Waals surface area contributed by atoms with Crippen LogP contribution in [0.25, 0.3) is 0 Å². The highest BCUT2D eigenvalue weighted by molar-refractivity contribution is 9.09. The second-order valence-electron chi connectivity index (χ2n) is 5.36. The Labute approximate surface area is 131 Å². The van der Waals surface area contributed by atoms with Crippen LogP contribution in [-0.2, 0) is 4.74 Å². The monoisotopic (exact) mass is 365 g/mol. The van der Waals surface area contributed by atoms with Crippen molar-refractivity contribution in [2.75, 3.05) is 10.6 Å². The molecule has 1 aromatic heterocycles. The van der Waals surface area contributed by atoms with Crippen molar-refractivity contribution in [2.24, 2.45) is 0 Å². The maximum absolute atomic E-state index is 11.6. The Morgan fingerprint density at radius 1 is 1.50 bits per heavy atom. The van der Waals surface area contributed by atoms with Gasteiger partial charge in [0, 0.05) is 5.33 Å². The first-order valence-corrected chi connectivity index (χ1v) is 8.23. The maximum atomic E-state index is 11.6. The van der Waals surface area contributed by atoms with E-state index in [1.165, 1.54) is 11.3 Å². The minimum absolute atomic E-state index is 0.450. The predicted molar refractivity (Wildman–Crippen MR) is 83.6 cm³/mol. The second kappa shape index (κ2) is 7.40. The third-order valence-corrected chi connectivity index (χ3v) is 3.68. The summed E-state index contributed by atoms with van der Waals surface area (Å²) in [7, 11) is 0. The molecule has 2 atom stereocenters. The fraction of sp³-hybridized carbons (Fsp3) is 0.615. The average molecular weight is 366 g/mol. The number of amides is 1. The Balaban J connectivity index is 2.61. The number of alkyl halides is 1. The molecule has 20 heavy (non-hydrogen) atoms. The Morgan fingerprint density at radius 3 is 2.70 bits per heavy atom. The minimum atomic E-state index is -0.960. The van der Waals surface area contributed by atoms with Gasteiger partial charge in [-0.2, -0.15) is 0 Å². The van der Waals surface area contributed by atoms with Crippen molar-refractivity contribution in [1.29, 1.82) is 0 Å². The Kier molecular flexibility index (Phi) is 6.44. The fourth-order valence-corrected chi connectivity index (χ4v) is 2.75. The lowest BCUT2D eigenvalue weighted by Crippen LogP contribution is -2.27. The van der Waals surface area contributed by atoms with Crippen LogP contribution in [0.1, 0.15) is 38.9 Å². The highest BCUT2D eigenvalue weighted by Crippen LogP contribution is 2.28. The molecule has 0 fully saturated rings. The van der Waals surface area contributed by atoms with Gasteiger partial charge in [0.25, 0.3) is 0 Å². The highest BCUT2D eigenvalue weighted by Gasteiger charge is 2.20. The van der Waals surface area contributed by atoms with Crippen LogP contribution in [0.15, 0.2) is 11.4 Å². The van der Waals surface area contributed by atoms with E-state index in [9.17, 15) is 15.0 Å². The lowest BCUT2D eigenvalue weighted by atomic mass is 10.1. The molecule has 114 valence electrons. The van der Waals surface area contributed by atoms with E-state index in [1.807, 2.05) is 0 Å². The van der Waals surface area contributed by atoms with Crippen LogP contribution in [-0.4, -0.2) is 33.3 Å². The van der Waals surface area contributed by atoms with Gasteiger partial charge in [0.1, 0.15) is 11.7 Å². The van der Waals surface area contributed by atoms with Crippen LogP contribution in [0.5, 0.6) is 0 Å². The van der Waals surface area contributed by atoms with Crippen molar-refractivity contribution in [1.82, 2.24) is 0 Å². The lowest BCUT2D eigenvalue weighted by molar-refractivity contribution is 0.0176. The van der Waals surface area contributed by atoms with E-state index in [0.717, 1.165) is 0 Å². The molecule has 1 heterocycles. The summed E-state index contributed by atoms with van der Waals surface area (Å²) in [6.45, 7) is 5.35. The molecule has 0 spiro atoms. The summed E-state index contributed by atoms with van der Waals surface area (Å²) >= 11 is 4.49. The molecule has 0 saturated heterocycles. The zero-order chi connectivity index (χ0) is 15.3. The molecule has 1 amide bonds. The number of halogens is 1. The molecule has 0 aliphatic rings. The maximum Gasteiger partial charge on any atom is 0.412 e. The molecule has 0 saturated carbocycles. The molecule has 2 unspecified atom stereocenters. The number of aliphatic hydroxyl groups is 2. The van der Waals surface area contributed by atoms with Crippen LogP contribution >= 0.6 is 27.3 Å². The van der Waals surface area contributed by atoms with Crippen LogP contribution < -0.4 is 5.32 Å². The van der Waals surface area contributed by atoms with E-state index in [-0.39, 0.29) is 0 Å². The Hall–Kier alpha value is -0.630. The van der Waals surface area contributed by atoms with Crippen LogP contribution in [0.2, 0.25) is 0 Å². The van der Waals surface area contributed by atoms with E-state index in [2.05, 4.69) is 21.2 Å². The lowest BCUT2D eigenvalue weighted by Gasteiger charge is -2.19. The van der Waals surface area contributed by atoms with Gasteiger partial charge in [-0.15, -0.1) is 11.3 Å². The molecule has 0 radical (unpaired) electrons. The molecule has 5 nitrogen and oxygen atoms in total. The predicted octanol–water partition coefficient (Wildman–Crippen LogP) is 3.27. The van der Waals surface area contributed by atoms with Crippen LogP contribution in [0.4, 0.5) is 9.80 Å². The Bertz CT molecular complexity index is 444. The second-order valence-corrected chi connectivity index (χ2v) is 7.07. The number of anilines is 1. The van der Waals surface area contributed by atoms with Gasteiger partial charge < -0.3 is 14.9 Å². The van der Waals surface area contributed by atoms with E-state index >= 15 is 0 Å². The van der Waals surface area contributed by atoms with Crippen molar-refractivity contribution in [2.45, 2.75) is 45.0 Å². The summed E-state index contributed by atoms with van der Waals surface area (Å²) in [5.41, 5.74) is 0.0185. The van der Waals surface area contributed by atoms with E-state index in [1.54, 1.807) is 32.2 Å². The molecule has 3 N–H and O–H groups in total. The quantitative estimate of drug-likeness (QED) is 0.699. The number of nitrogens with one attached hydrogen (secondary N) is 1. The van der Waals surface area contributed by atoms with Crippen molar-refractivity contribution in [3.8, 4) is 0 Å². The average Bonchev–Trinajstić information content (AvgIpc) is 2.74. The van der Waals surface area contributed by atoms with Gasteiger partial charge in [-0.25, -0.2) is 4.79 Å². The van der Waals surface area contributed by atoms with E-state index in [4.69, 9.17) is 4.74 Å². The summed E-state index contributed by atoms with van der Waals surface area (Å²) in [6.07, 6.45) is -1.89. The van der Waals surface area contributed by atoms with Crippen molar-refractivity contribution < 1.29 is 19.7 Å². The highest BCUT2D eigenvalue weighted by atomic mass is 79.9. The number of thiophene rings is 1. The molecule has 1 rings (SSSR count). The number of aliphatic hydroxyl groups excluding tert-OH is 2. The van der Waals surface area contributed by atoms with Crippen molar-refractivity contribution in [3.05, 3.63) is 17.0 Å². The molecule has 0 aromatic carbocycles.